The van der Waals surface area contributed by atoms with E-state index in [0.717, 1.165) is 0 Å². The summed E-state index contributed by atoms with van der Waals surface area (Å²) in [6.07, 6.45) is -5.89. The Kier molecular flexibility index (Phi) is 5.63. The molecule has 22 heavy (non-hydrogen) atoms. The van der Waals surface area contributed by atoms with Crippen LogP contribution >= 0.6 is 0 Å². The van der Waals surface area contributed by atoms with Gasteiger partial charge in [-0.2, -0.15) is 0 Å². The lowest BCUT2D eigenvalue weighted by atomic mass is 10.0. The summed E-state index contributed by atoms with van der Waals surface area (Å²) in [4.78, 5) is 0. The van der Waals surface area contributed by atoms with E-state index in [4.69, 9.17) is 14.2 Å². The van der Waals surface area contributed by atoms with Crippen LogP contribution in [0, 0.1) is 0 Å². The number of epoxide rings is 1. The molecule has 8 heteroatoms. The molecule has 1 aliphatic heterocycles. The van der Waals surface area contributed by atoms with Crippen molar-refractivity contribution in [1.29, 1.82) is 0 Å². The first kappa shape index (κ1) is 17.0. The van der Waals surface area contributed by atoms with E-state index in [9.17, 15) is 18.3 Å². The third-order valence-corrected chi connectivity index (χ3v) is 3.12. The number of methoxy groups -OCH3 is 1. The lowest BCUT2D eigenvalue weighted by Gasteiger charge is -2.20. The van der Waals surface area contributed by atoms with Gasteiger partial charge in [0.15, 0.2) is 0 Å². The first-order valence-corrected chi connectivity index (χ1v) is 6.65. The van der Waals surface area contributed by atoms with E-state index in [1.54, 1.807) is 0 Å². The first-order valence-electron chi connectivity index (χ1n) is 6.65. The van der Waals surface area contributed by atoms with Gasteiger partial charge in [-0.25, -0.2) is 0 Å². The Labute approximate surface area is 125 Å². The zero-order valence-electron chi connectivity index (χ0n) is 11.9. The van der Waals surface area contributed by atoms with E-state index in [-0.39, 0.29) is 25.1 Å². The smallest absolute Gasteiger partial charge is 0.406 e. The number of ether oxygens (including phenoxy) is 4. The third kappa shape index (κ3) is 5.45. The van der Waals surface area contributed by atoms with E-state index in [0.29, 0.717) is 12.2 Å². The molecule has 1 saturated heterocycles. The lowest BCUT2D eigenvalue weighted by Crippen LogP contribution is -2.21. The number of hydrogen-bond donors (Lipinski definition) is 1. The van der Waals surface area contributed by atoms with Crippen molar-refractivity contribution in [2.24, 2.45) is 0 Å². The molecule has 1 aromatic carbocycles. The third-order valence-electron chi connectivity index (χ3n) is 3.12. The summed E-state index contributed by atoms with van der Waals surface area (Å²) in [7, 11) is 1.46. The predicted octanol–water partition coefficient (Wildman–Crippen LogP) is 2.40. The fourth-order valence-corrected chi connectivity index (χ4v) is 1.98. The van der Waals surface area contributed by atoms with E-state index >= 15 is 0 Å². The minimum absolute atomic E-state index is 0.00368. The molecule has 1 aliphatic rings. The maximum absolute atomic E-state index is 12.1. The van der Waals surface area contributed by atoms with Gasteiger partial charge in [-0.05, 0) is 17.7 Å². The van der Waals surface area contributed by atoms with Crippen molar-refractivity contribution in [3.05, 3.63) is 29.8 Å². The number of benzene rings is 1. The SMILES string of the molecule is COCOC(C[C@H](O)[C@@H]1CO1)c1ccc(OC(F)(F)F)cc1. The van der Waals surface area contributed by atoms with Crippen LogP contribution in [0.1, 0.15) is 18.1 Å². The summed E-state index contributed by atoms with van der Waals surface area (Å²) in [6.45, 7) is 0.500. The van der Waals surface area contributed by atoms with Crippen LogP contribution in [0.5, 0.6) is 5.75 Å². The zero-order chi connectivity index (χ0) is 16.2. The molecule has 1 aromatic rings. The van der Waals surface area contributed by atoms with Crippen LogP contribution in [0.2, 0.25) is 0 Å². The van der Waals surface area contributed by atoms with E-state index in [2.05, 4.69) is 4.74 Å². The lowest BCUT2D eigenvalue weighted by molar-refractivity contribution is -0.274. The summed E-state index contributed by atoms with van der Waals surface area (Å²) in [5.74, 6) is -0.312. The largest absolute Gasteiger partial charge is 0.573 e. The number of halogens is 3. The van der Waals surface area contributed by atoms with Gasteiger partial charge in [-0.1, -0.05) is 12.1 Å². The summed E-state index contributed by atoms with van der Waals surface area (Å²) >= 11 is 0. The summed E-state index contributed by atoms with van der Waals surface area (Å²) in [5.41, 5.74) is 0.617. The van der Waals surface area contributed by atoms with E-state index in [1.165, 1.54) is 31.4 Å². The van der Waals surface area contributed by atoms with Crippen LogP contribution in [0.4, 0.5) is 13.2 Å². The monoisotopic (exact) mass is 322 g/mol. The number of alkyl halides is 3. The van der Waals surface area contributed by atoms with Crippen molar-refractivity contribution in [3.63, 3.8) is 0 Å². The van der Waals surface area contributed by atoms with Crippen molar-refractivity contribution in [1.82, 2.24) is 0 Å². The van der Waals surface area contributed by atoms with Crippen LogP contribution in [-0.2, 0) is 14.2 Å². The number of rotatable bonds is 8. The Morgan fingerprint density at radius 2 is 1.95 bits per heavy atom. The molecule has 124 valence electrons. The Bertz CT molecular complexity index is 459. The van der Waals surface area contributed by atoms with Crippen LogP contribution < -0.4 is 4.74 Å². The second-order valence-corrected chi connectivity index (χ2v) is 4.85. The minimum Gasteiger partial charge on any atom is -0.406 e. The maximum Gasteiger partial charge on any atom is 0.573 e. The minimum atomic E-state index is -4.73. The molecule has 2 rings (SSSR count). The molecule has 0 saturated carbocycles. The maximum atomic E-state index is 12.1. The molecule has 0 bridgehead atoms. The van der Waals surface area contributed by atoms with E-state index < -0.39 is 18.6 Å². The van der Waals surface area contributed by atoms with Crippen LogP contribution in [0.3, 0.4) is 0 Å². The van der Waals surface area contributed by atoms with E-state index in [1.807, 2.05) is 0 Å². The van der Waals surface area contributed by atoms with Crippen LogP contribution in [-0.4, -0.2) is 44.2 Å². The average molecular weight is 322 g/mol. The van der Waals surface area contributed by atoms with Gasteiger partial charge in [0.05, 0.1) is 18.8 Å². The fourth-order valence-electron chi connectivity index (χ4n) is 1.98. The molecule has 1 heterocycles. The topological polar surface area (TPSA) is 60.5 Å². The fraction of sp³-hybridized carbons (Fsp3) is 0.571. The second kappa shape index (κ2) is 7.28. The first-order chi connectivity index (χ1) is 10.4. The normalized spacial score (nSPS) is 20.5. The Morgan fingerprint density at radius 3 is 2.45 bits per heavy atom. The highest BCUT2D eigenvalue weighted by atomic mass is 19.4. The van der Waals surface area contributed by atoms with Crippen molar-refractivity contribution >= 4 is 0 Å². The van der Waals surface area contributed by atoms with Gasteiger partial charge < -0.3 is 24.1 Å². The molecule has 0 aliphatic carbocycles. The molecule has 1 unspecified atom stereocenters. The average Bonchev–Trinajstić information content (AvgIpc) is 3.27. The molecule has 5 nitrogen and oxygen atoms in total. The van der Waals surface area contributed by atoms with Gasteiger partial charge in [0, 0.05) is 13.5 Å². The molecule has 0 radical (unpaired) electrons. The molecule has 3 atom stereocenters. The summed E-state index contributed by atoms with van der Waals surface area (Å²) in [5, 5.41) is 9.91. The highest BCUT2D eigenvalue weighted by Gasteiger charge is 2.34. The molecule has 0 aromatic heterocycles. The van der Waals surface area contributed by atoms with Crippen molar-refractivity contribution in [2.75, 3.05) is 20.5 Å². The highest BCUT2D eigenvalue weighted by Crippen LogP contribution is 2.30. The van der Waals surface area contributed by atoms with Gasteiger partial charge in [0.25, 0.3) is 0 Å². The molecule has 1 fully saturated rings. The molecule has 1 N–H and O–H groups in total. The predicted molar refractivity (Wildman–Crippen MR) is 69.2 cm³/mol. The highest BCUT2D eigenvalue weighted by molar-refractivity contribution is 5.29. The van der Waals surface area contributed by atoms with Crippen LogP contribution in [0.15, 0.2) is 24.3 Å². The van der Waals surface area contributed by atoms with Gasteiger partial charge in [-0.15, -0.1) is 13.2 Å². The number of hydrogen-bond acceptors (Lipinski definition) is 5. The molecular formula is C14H17F3O5. The zero-order valence-corrected chi connectivity index (χ0v) is 11.9. The summed E-state index contributed by atoms with van der Waals surface area (Å²) in [6, 6.07) is 5.32. The van der Waals surface area contributed by atoms with Gasteiger partial charge in [0.1, 0.15) is 18.6 Å². The Hall–Kier alpha value is -1.35. The van der Waals surface area contributed by atoms with Crippen molar-refractivity contribution in [3.8, 4) is 5.75 Å². The Balaban J connectivity index is 2.02. The van der Waals surface area contributed by atoms with Gasteiger partial charge in [0.2, 0.25) is 0 Å². The number of aliphatic hydroxyl groups excluding tert-OH is 1. The quantitative estimate of drug-likeness (QED) is 0.588. The van der Waals surface area contributed by atoms with Crippen LogP contribution in [0.25, 0.3) is 0 Å². The van der Waals surface area contributed by atoms with Gasteiger partial charge in [-0.3, -0.25) is 0 Å². The number of aliphatic hydroxyl groups is 1. The standard InChI is InChI=1S/C14H17F3O5/c1-19-8-21-12(6-11(18)13-7-20-13)9-2-4-10(5-3-9)22-14(15,16)17/h2-5,11-13,18H,6-8H2,1H3/t11-,12?,13-/m0/s1. The second-order valence-electron chi connectivity index (χ2n) is 4.85. The molecular weight excluding hydrogens is 305 g/mol. The van der Waals surface area contributed by atoms with Gasteiger partial charge >= 0.3 is 6.36 Å². The molecule has 0 amide bonds. The molecule has 0 spiro atoms. The summed E-state index contributed by atoms with van der Waals surface area (Å²) < 4.78 is 55.5. The van der Waals surface area contributed by atoms with Crippen molar-refractivity contribution in [2.45, 2.75) is 31.1 Å². The van der Waals surface area contributed by atoms with Crippen molar-refractivity contribution < 1.29 is 37.2 Å². The Morgan fingerprint density at radius 1 is 1.32 bits per heavy atom.